The molecule has 0 atom stereocenters. The monoisotopic (exact) mass is 242 g/mol. The summed E-state index contributed by atoms with van der Waals surface area (Å²) in [5.74, 6) is 0. The molecular formula is H2CaMg2O6Si2. The fourth-order valence-electron chi connectivity index (χ4n) is 0. The average molecular weight is 243 g/mol. The van der Waals surface area contributed by atoms with E-state index in [4.69, 9.17) is 19.4 Å². The van der Waals surface area contributed by atoms with Crippen molar-refractivity contribution >= 4 is 71.9 Å². The fourth-order valence-corrected chi connectivity index (χ4v) is 0. The molecule has 0 aliphatic rings. The zero-order valence-electron chi connectivity index (χ0n) is 5.65. The normalized spacial score (nSPS) is 4.91. The van der Waals surface area contributed by atoms with Crippen LogP contribution in [0, 0.1) is 0 Å². The van der Waals surface area contributed by atoms with Gasteiger partial charge in [-0.05, 0) is 0 Å². The van der Waals surface area contributed by atoms with Crippen molar-refractivity contribution in [1.82, 2.24) is 0 Å². The topological polar surface area (TPSA) is 93.1 Å². The summed E-state index contributed by atoms with van der Waals surface area (Å²) in [6.07, 6.45) is 0. The van der Waals surface area contributed by atoms with Crippen LogP contribution in [0.15, 0.2) is 0 Å². The van der Waals surface area contributed by atoms with Gasteiger partial charge in [0, 0.05) is 0 Å². The van der Waals surface area contributed by atoms with Crippen molar-refractivity contribution in [2.24, 2.45) is 0 Å². The Morgan fingerprint density at radius 3 is 1.18 bits per heavy atom. The first kappa shape index (κ1) is 19.0. The third-order valence-corrected chi connectivity index (χ3v) is 0.224. The summed E-state index contributed by atoms with van der Waals surface area (Å²) in [6.45, 7) is 0. The van der Waals surface area contributed by atoms with Crippen molar-refractivity contribution in [3.63, 3.8) is 0 Å². The number of hydrogen-bond donors (Lipinski definition) is 2. The molecule has 2 N–H and O–H groups in total. The summed E-state index contributed by atoms with van der Waals surface area (Å²) in [5.41, 5.74) is 0. The van der Waals surface area contributed by atoms with Crippen molar-refractivity contribution in [2.45, 2.75) is 0 Å². The van der Waals surface area contributed by atoms with Crippen LogP contribution in [0.2, 0.25) is 0 Å². The van der Waals surface area contributed by atoms with Gasteiger partial charge >= 0.3 is 52.6 Å². The summed E-state index contributed by atoms with van der Waals surface area (Å²) in [4.78, 5) is 0. The van der Waals surface area contributed by atoms with Crippen LogP contribution in [0.4, 0.5) is 0 Å². The van der Waals surface area contributed by atoms with E-state index in [1.807, 2.05) is 0 Å². The van der Waals surface area contributed by atoms with Crippen LogP contribution in [-0.4, -0.2) is 82.4 Å². The minimum absolute atomic E-state index is 0.181. The maximum absolute atomic E-state index is 8.85. The molecule has 11 heteroatoms. The molecule has 6 nitrogen and oxygen atoms in total. The van der Waals surface area contributed by atoms with E-state index in [-0.39, 0.29) is 24.0 Å². The summed E-state index contributed by atoms with van der Waals surface area (Å²) in [6, 6.07) is 0. The first-order valence-electron chi connectivity index (χ1n) is 2.18. The van der Waals surface area contributed by atoms with Gasteiger partial charge in [0.05, 0.1) is 0 Å². The number of hydrogen-bond acceptors (Lipinski definition) is 6. The molecule has 0 unspecified atom stereocenters. The molecule has 0 spiro atoms. The summed E-state index contributed by atoms with van der Waals surface area (Å²) < 4.78 is 23.7. The van der Waals surface area contributed by atoms with Crippen LogP contribution in [0.25, 0.3) is 0 Å². The standard InChI is InChI=1S/Ca.2Mg.2HO3Si/c;;;2*1-3-4-2/h;;;2*1H/q;2*+1;2*-1. The Bertz CT molecular complexity index is 63.6. The van der Waals surface area contributed by atoms with Gasteiger partial charge in [-0.25, -0.2) is 0 Å². The van der Waals surface area contributed by atoms with Gasteiger partial charge in [-0.2, -0.15) is 0 Å². The SMILES string of the molecule is O=[Si-]OO.O=[Si-]OO.[Mg+][Ca][Mg+]. The van der Waals surface area contributed by atoms with Gasteiger partial charge in [0.1, 0.15) is 19.3 Å². The van der Waals surface area contributed by atoms with Crippen molar-refractivity contribution in [1.29, 1.82) is 0 Å². The van der Waals surface area contributed by atoms with Crippen LogP contribution in [-0.2, 0) is 18.1 Å². The second-order valence-corrected chi connectivity index (χ2v) is 14.2. The quantitative estimate of drug-likeness (QED) is 0.323. The van der Waals surface area contributed by atoms with E-state index in [0.717, 1.165) is 0 Å². The molecule has 0 heterocycles. The Morgan fingerprint density at radius 1 is 1.09 bits per heavy atom. The van der Waals surface area contributed by atoms with Crippen molar-refractivity contribution in [2.75, 3.05) is 0 Å². The van der Waals surface area contributed by atoms with Gasteiger partial charge < -0.3 is 18.1 Å². The van der Waals surface area contributed by atoms with Gasteiger partial charge in [0.25, 0.3) is 0 Å². The van der Waals surface area contributed by atoms with Crippen LogP contribution >= 0.6 is 0 Å². The molecule has 0 rings (SSSR count). The van der Waals surface area contributed by atoms with E-state index >= 15 is 0 Å². The third kappa shape index (κ3) is 70.0. The molecule has 0 saturated carbocycles. The molecule has 0 aliphatic carbocycles. The molecule has 0 bridgehead atoms. The summed E-state index contributed by atoms with van der Waals surface area (Å²) in [5, 5.41) is 14.1. The van der Waals surface area contributed by atoms with Crippen LogP contribution < -0.4 is 0 Å². The van der Waals surface area contributed by atoms with E-state index < -0.39 is 19.3 Å². The van der Waals surface area contributed by atoms with E-state index in [2.05, 4.69) is 37.7 Å². The van der Waals surface area contributed by atoms with Gasteiger partial charge in [-0.15, -0.1) is 0 Å². The molecule has 0 aliphatic heterocycles. The molecule has 0 aromatic carbocycles. The first-order valence-corrected chi connectivity index (χ1v) is 15.2. The van der Waals surface area contributed by atoms with Crippen molar-refractivity contribution < 1.29 is 28.6 Å². The van der Waals surface area contributed by atoms with E-state index in [0.29, 0.717) is 0 Å². The third-order valence-electron chi connectivity index (χ3n) is 0.0745. The minimum atomic E-state index is -1.05. The van der Waals surface area contributed by atoms with Crippen LogP contribution in [0.5, 0.6) is 0 Å². The molecule has 0 fully saturated rings. The van der Waals surface area contributed by atoms with Crippen molar-refractivity contribution in [3.05, 3.63) is 0 Å². The Balaban J connectivity index is -0.0000000886. The van der Waals surface area contributed by atoms with E-state index in [1.165, 1.54) is 0 Å². The Morgan fingerprint density at radius 2 is 1.18 bits per heavy atom. The van der Waals surface area contributed by atoms with Crippen LogP contribution in [0.3, 0.4) is 0 Å². The zero-order valence-corrected chi connectivity index (χ0v) is 12.7. The Labute approximate surface area is 98.3 Å². The molecule has 0 radical (unpaired) electrons. The van der Waals surface area contributed by atoms with Gasteiger partial charge in [0.15, 0.2) is 0 Å². The summed E-state index contributed by atoms with van der Waals surface area (Å²) >= 11 is 4.53. The Hall–Kier alpha value is 2.35. The molecule has 0 saturated heterocycles. The molecule has 0 aromatic rings. The van der Waals surface area contributed by atoms with Crippen LogP contribution in [0.1, 0.15) is 0 Å². The fraction of sp³-hybridized carbons (Fsp3) is 0. The first-order chi connectivity index (χ1) is 5.24. The maximum atomic E-state index is 8.85. The van der Waals surface area contributed by atoms with Gasteiger partial charge in [-0.1, -0.05) is 0 Å². The second kappa shape index (κ2) is 29.5. The predicted octanol–water partition coefficient (Wildman–Crippen LogP) is -2.26. The number of rotatable bonds is 2. The van der Waals surface area contributed by atoms with Gasteiger partial charge in [0.2, 0.25) is 0 Å². The average Bonchev–Trinajstić information content (AvgIpc) is 2.06. The van der Waals surface area contributed by atoms with Gasteiger partial charge in [-0.3, -0.25) is 10.5 Å². The second-order valence-electron chi connectivity index (χ2n) is 0.703. The van der Waals surface area contributed by atoms with E-state index in [9.17, 15) is 0 Å². The zero-order chi connectivity index (χ0) is 9.54. The Kier molecular flexibility index (Phi) is 50.9. The van der Waals surface area contributed by atoms with E-state index in [1.54, 1.807) is 0 Å². The molecule has 0 aromatic heterocycles. The van der Waals surface area contributed by atoms with Crippen molar-refractivity contribution in [3.8, 4) is 0 Å². The molecule has 11 heavy (non-hydrogen) atoms. The molecular weight excluding hydrogens is 241 g/mol. The predicted molar refractivity (Wildman–Crippen MR) is 37.6 cm³/mol. The molecule has 52 valence electrons. The summed E-state index contributed by atoms with van der Waals surface area (Å²) in [7, 11) is -2.11. The molecule has 0 amide bonds.